The molecule has 0 aliphatic rings. The maximum Gasteiger partial charge on any atom is 0.254 e. The van der Waals surface area contributed by atoms with Gasteiger partial charge in [0.15, 0.2) is 0 Å². The molecule has 4 rings (SSSR count). The van der Waals surface area contributed by atoms with Crippen molar-refractivity contribution in [3.63, 3.8) is 0 Å². The van der Waals surface area contributed by atoms with Crippen LogP contribution in [0.25, 0.3) is 21.5 Å². The van der Waals surface area contributed by atoms with Crippen molar-refractivity contribution < 1.29 is 9.59 Å². The van der Waals surface area contributed by atoms with Crippen molar-refractivity contribution in [2.45, 2.75) is 6.54 Å². The first-order valence-corrected chi connectivity index (χ1v) is 10.4. The molecule has 0 saturated carbocycles. The van der Waals surface area contributed by atoms with Crippen LogP contribution in [0.5, 0.6) is 0 Å². The van der Waals surface area contributed by atoms with E-state index in [0.717, 1.165) is 27.0 Å². The zero-order valence-corrected chi connectivity index (χ0v) is 17.6. The molecule has 0 bridgehead atoms. The van der Waals surface area contributed by atoms with Crippen molar-refractivity contribution in [1.29, 1.82) is 0 Å². The third-order valence-corrected chi connectivity index (χ3v) is 5.82. The Hall–Kier alpha value is -3.51. The van der Waals surface area contributed by atoms with Crippen molar-refractivity contribution in [2.75, 3.05) is 14.1 Å². The summed E-state index contributed by atoms with van der Waals surface area (Å²) >= 11 is 1.60. The maximum atomic E-state index is 13.3. The Bertz CT molecular complexity index is 1200. The second kappa shape index (κ2) is 8.47. The zero-order chi connectivity index (χ0) is 21.1. The highest BCUT2D eigenvalue weighted by Crippen LogP contribution is 2.28. The third kappa shape index (κ3) is 3.95. The summed E-state index contributed by atoms with van der Waals surface area (Å²) in [7, 11) is 3.39. The van der Waals surface area contributed by atoms with E-state index in [9.17, 15) is 9.59 Å². The fraction of sp³-hybridized carbons (Fsp3) is 0.125. The zero-order valence-electron chi connectivity index (χ0n) is 16.8. The molecule has 0 radical (unpaired) electrons. The molecule has 0 aliphatic heterocycles. The van der Waals surface area contributed by atoms with E-state index in [1.807, 2.05) is 60.0 Å². The topological polar surface area (TPSA) is 62.3 Å². The number of pyridine rings is 1. The van der Waals surface area contributed by atoms with Crippen LogP contribution < -0.4 is 5.32 Å². The van der Waals surface area contributed by atoms with E-state index in [1.165, 1.54) is 0 Å². The molecular formula is C24H21N3O2S. The number of thiophene rings is 1. The van der Waals surface area contributed by atoms with Crippen molar-refractivity contribution in [3.05, 3.63) is 88.8 Å². The molecule has 150 valence electrons. The van der Waals surface area contributed by atoms with Crippen LogP contribution in [0.2, 0.25) is 0 Å². The predicted molar refractivity (Wildman–Crippen MR) is 121 cm³/mol. The Morgan fingerprint density at radius 3 is 2.50 bits per heavy atom. The highest BCUT2D eigenvalue weighted by atomic mass is 32.1. The summed E-state index contributed by atoms with van der Waals surface area (Å²) in [6.45, 7) is 0.442. The molecule has 5 nitrogen and oxygen atoms in total. The number of para-hydroxylation sites is 1. The molecule has 2 aromatic heterocycles. The van der Waals surface area contributed by atoms with E-state index in [0.29, 0.717) is 17.7 Å². The van der Waals surface area contributed by atoms with Crippen molar-refractivity contribution in [1.82, 2.24) is 15.2 Å². The summed E-state index contributed by atoms with van der Waals surface area (Å²) in [6, 6.07) is 20.9. The molecule has 1 N–H and O–H groups in total. The van der Waals surface area contributed by atoms with Gasteiger partial charge in [0.1, 0.15) is 0 Å². The van der Waals surface area contributed by atoms with E-state index < -0.39 is 0 Å². The van der Waals surface area contributed by atoms with E-state index in [1.54, 1.807) is 42.5 Å². The molecule has 4 aromatic rings. The number of rotatable bonds is 5. The summed E-state index contributed by atoms with van der Waals surface area (Å²) in [4.78, 5) is 32.5. The molecule has 0 unspecified atom stereocenters. The molecule has 0 fully saturated rings. The quantitative estimate of drug-likeness (QED) is 0.518. The summed E-state index contributed by atoms with van der Waals surface area (Å²) in [5.41, 5.74) is 3.78. The molecule has 0 aliphatic carbocycles. The smallest absolute Gasteiger partial charge is 0.254 e. The Morgan fingerprint density at radius 2 is 1.80 bits per heavy atom. The fourth-order valence-electron chi connectivity index (χ4n) is 3.36. The average Bonchev–Trinajstić information content (AvgIpc) is 3.33. The Morgan fingerprint density at radius 1 is 1.03 bits per heavy atom. The van der Waals surface area contributed by atoms with Gasteiger partial charge in [-0.2, -0.15) is 0 Å². The van der Waals surface area contributed by atoms with Gasteiger partial charge in [-0.1, -0.05) is 36.4 Å². The Labute approximate surface area is 179 Å². The van der Waals surface area contributed by atoms with Crippen LogP contribution >= 0.6 is 11.3 Å². The summed E-state index contributed by atoms with van der Waals surface area (Å²) in [5, 5.41) is 5.45. The van der Waals surface area contributed by atoms with Gasteiger partial charge in [-0.25, -0.2) is 4.98 Å². The first-order valence-electron chi connectivity index (χ1n) is 9.57. The molecule has 2 heterocycles. The lowest BCUT2D eigenvalue weighted by Gasteiger charge is -2.19. The van der Waals surface area contributed by atoms with Gasteiger partial charge in [-0.15, -0.1) is 11.3 Å². The maximum absolute atomic E-state index is 13.3. The fourth-order valence-corrected chi connectivity index (χ4v) is 4.05. The number of nitrogens with one attached hydrogen (secondary N) is 1. The number of fused-ring (bicyclic) bond motifs is 1. The minimum Gasteiger partial charge on any atom is -0.355 e. The molecule has 2 aromatic carbocycles. The summed E-state index contributed by atoms with van der Waals surface area (Å²) in [6.07, 6.45) is 0. The Kier molecular flexibility index (Phi) is 5.59. The van der Waals surface area contributed by atoms with Gasteiger partial charge < -0.3 is 10.2 Å². The van der Waals surface area contributed by atoms with Crippen LogP contribution in [0, 0.1) is 0 Å². The summed E-state index contributed by atoms with van der Waals surface area (Å²) in [5.74, 6) is -0.197. The third-order valence-electron chi connectivity index (χ3n) is 4.93. The summed E-state index contributed by atoms with van der Waals surface area (Å²) < 4.78 is 0. The number of hydrogen-bond donors (Lipinski definition) is 1. The van der Waals surface area contributed by atoms with Crippen LogP contribution in [-0.2, 0) is 6.54 Å². The number of nitrogens with zero attached hydrogens (tertiary/aromatic N) is 2. The number of benzene rings is 2. The van der Waals surface area contributed by atoms with Crippen molar-refractivity contribution in [3.8, 4) is 10.6 Å². The second-order valence-corrected chi connectivity index (χ2v) is 7.93. The van der Waals surface area contributed by atoms with Gasteiger partial charge in [0.05, 0.1) is 21.7 Å². The van der Waals surface area contributed by atoms with Crippen LogP contribution in [0.4, 0.5) is 0 Å². The normalized spacial score (nSPS) is 10.7. The van der Waals surface area contributed by atoms with Gasteiger partial charge in [-0.3, -0.25) is 9.59 Å². The van der Waals surface area contributed by atoms with Crippen LogP contribution in [0.1, 0.15) is 26.3 Å². The highest BCUT2D eigenvalue weighted by molar-refractivity contribution is 7.13. The molecule has 0 atom stereocenters. The number of amides is 2. The SMILES string of the molecule is CNC(=O)c1ccc(CN(C)C(=O)c2cc(-c3cccs3)nc3ccccc23)cc1. The Balaban J connectivity index is 1.64. The van der Waals surface area contributed by atoms with Gasteiger partial charge in [0.25, 0.3) is 11.8 Å². The van der Waals surface area contributed by atoms with Crippen LogP contribution in [-0.4, -0.2) is 35.8 Å². The highest BCUT2D eigenvalue weighted by Gasteiger charge is 2.18. The largest absolute Gasteiger partial charge is 0.355 e. The predicted octanol–water partition coefficient (Wildman–Crippen LogP) is 4.60. The average molecular weight is 416 g/mol. The number of carbonyl (C=O) groups excluding carboxylic acids is 2. The van der Waals surface area contributed by atoms with Gasteiger partial charge in [0.2, 0.25) is 0 Å². The lowest BCUT2D eigenvalue weighted by molar-refractivity contribution is 0.0786. The number of hydrogen-bond acceptors (Lipinski definition) is 4. The monoisotopic (exact) mass is 415 g/mol. The van der Waals surface area contributed by atoms with Gasteiger partial charge in [0, 0.05) is 31.6 Å². The standard InChI is InChI=1S/C24H21N3O2S/c1-25-23(28)17-11-9-16(10-12-17)15-27(2)24(29)19-14-21(22-8-5-13-30-22)26-20-7-4-3-6-18(19)20/h3-14H,15H2,1-2H3,(H,25,28). The lowest BCUT2D eigenvalue weighted by atomic mass is 10.1. The number of carbonyl (C=O) groups is 2. The van der Waals surface area contributed by atoms with E-state index in [4.69, 9.17) is 4.98 Å². The van der Waals surface area contributed by atoms with Crippen LogP contribution in [0.15, 0.2) is 72.1 Å². The minimum atomic E-state index is -0.129. The molecule has 30 heavy (non-hydrogen) atoms. The first-order chi connectivity index (χ1) is 14.6. The second-order valence-electron chi connectivity index (χ2n) is 6.99. The van der Waals surface area contributed by atoms with E-state index >= 15 is 0 Å². The molecule has 2 amide bonds. The van der Waals surface area contributed by atoms with Gasteiger partial charge >= 0.3 is 0 Å². The number of aromatic nitrogens is 1. The molecule has 0 saturated heterocycles. The molecular weight excluding hydrogens is 394 g/mol. The first kappa shape index (κ1) is 19.8. The van der Waals surface area contributed by atoms with Crippen LogP contribution in [0.3, 0.4) is 0 Å². The van der Waals surface area contributed by atoms with E-state index in [-0.39, 0.29) is 11.8 Å². The van der Waals surface area contributed by atoms with Crippen molar-refractivity contribution >= 4 is 34.1 Å². The lowest BCUT2D eigenvalue weighted by Crippen LogP contribution is -2.26. The van der Waals surface area contributed by atoms with Crippen molar-refractivity contribution in [2.24, 2.45) is 0 Å². The molecule has 6 heteroatoms. The molecule has 0 spiro atoms. The minimum absolute atomic E-state index is 0.0678. The van der Waals surface area contributed by atoms with Gasteiger partial charge in [-0.05, 0) is 41.3 Å². The van der Waals surface area contributed by atoms with E-state index in [2.05, 4.69) is 5.32 Å².